The van der Waals surface area contributed by atoms with Crippen LogP contribution in [0, 0.1) is 12.7 Å². The molecule has 1 atom stereocenters. The van der Waals surface area contributed by atoms with E-state index in [0.29, 0.717) is 42.0 Å². The number of amides is 1. The normalized spacial score (nSPS) is 14.4. The molecule has 9 heteroatoms. The second kappa shape index (κ2) is 12.5. The SMILES string of the molecule is Cc1cc(Nc2ccnc(Nc3ccc(C(=O)N4CCC(NC(C)c5ccc6cccnc6c5)CC4)cc3)n2)ccc1F. The molecular weight excluding hydrogens is 541 g/mol. The Bertz CT molecular complexity index is 1740. The number of nitrogens with zero attached hydrogens (tertiary/aromatic N) is 4. The van der Waals surface area contributed by atoms with E-state index in [0.717, 1.165) is 35.1 Å². The molecule has 0 spiro atoms. The number of benzene rings is 3. The van der Waals surface area contributed by atoms with Crippen molar-refractivity contribution in [1.29, 1.82) is 0 Å². The van der Waals surface area contributed by atoms with Crippen LogP contribution in [0.3, 0.4) is 0 Å². The summed E-state index contributed by atoms with van der Waals surface area (Å²) in [6.45, 7) is 5.32. The topological polar surface area (TPSA) is 95.1 Å². The molecule has 1 fully saturated rings. The van der Waals surface area contributed by atoms with E-state index in [1.807, 2.05) is 41.4 Å². The molecule has 0 aliphatic carbocycles. The second-order valence-electron chi connectivity index (χ2n) is 11.0. The number of piperidine rings is 1. The molecule has 8 nitrogen and oxygen atoms in total. The first-order valence-corrected chi connectivity index (χ1v) is 14.5. The van der Waals surface area contributed by atoms with E-state index in [-0.39, 0.29) is 17.8 Å². The van der Waals surface area contributed by atoms with Gasteiger partial charge in [0.2, 0.25) is 5.95 Å². The Balaban J connectivity index is 1.01. The molecule has 218 valence electrons. The maximum atomic E-state index is 13.6. The minimum absolute atomic E-state index is 0.0377. The molecule has 1 amide bonds. The van der Waals surface area contributed by atoms with Gasteiger partial charge < -0.3 is 20.9 Å². The second-order valence-corrected chi connectivity index (χ2v) is 11.0. The fraction of sp³-hybridized carbons (Fsp3) is 0.235. The molecule has 1 unspecified atom stereocenters. The summed E-state index contributed by atoms with van der Waals surface area (Å²) in [5.74, 6) is 0.777. The van der Waals surface area contributed by atoms with Crippen LogP contribution in [0.15, 0.2) is 91.3 Å². The van der Waals surface area contributed by atoms with Crippen LogP contribution in [-0.4, -0.2) is 44.9 Å². The smallest absolute Gasteiger partial charge is 0.253 e. The minimum Gasteiger partial charge on any atom is -0.340 e. The summed E-state index contributed by atoms with van der Waals surface area (Å²) in [7, 11) is 0. The summed E-state index contributed by atoms with van der Waals surface area (Å²) in [6.07, 6.45) is 5.27. The van der Waals surface area contributed by atoms with Crippen LogP contribution in [0.1, 0.15) is 47.3 Å². The zero-order valence-corrected chi connectivity index (χ0v) is 24.2. The standard InChI is InChI=1S/C34H34FN7O/c1-22-20-29(11-12-30(22)35)39-32-13-17-37-34(41-32)40-27-9-7-25(8-10-27)33(43)42-18-14-28(15-19-42)38-23(2)26-6-5-24-4-3-16-36-31(24)21-26/h3-13,16-17,20-21,23,28,38H,14-15,18-19H2,1-2H3,(H2,37,39,40,41). The van der Waals surface area contributed by atoms with Crippen LogP contribution in [0.4, 0.5) is 27.5 Å². The maximum Gasteiger partial charge on any atom is 0.253 e. The van der Waals surface area contributed by atoms with Crippen molar-refractivity contribution >= 4 is 40.0 Å². The minimum atomic E-state index is -0.250. The van der Waals surface area contributed by atoms with Gasteiger partial charge >= 0.3 is 0 Å². The number of hydrogen-bond donors (Lipinski definition) is 3. The molecule has 5 aromatic rings. The van der Waals surface area contributed by atoms with E-state index in [1.54, 1.807) is 31.3 Å². The lowest BCUT2D eigenvalue weighted by Gasteiger charge is -2.34. The first-order chi connectivity index (χ1) is 20.9. The fourth-order valence-electron chi connectivity index (χ4n) is 5.42. The van der Waals surface area contributed by atoms with Gasteiger partial charge in [-0.1, -0.05) is 18.2 Å². The van der Waals surface area contributed by atoms with Gasteiger partial charge in [-0.05, 0) is 98.5 Å². The number of likely N-dealkylation sites (tertiary alicyclic amines) is 1. The van der Waals surface area contributed by atoms with Gasteiger partial charge in [0, 0.05) is 59.9 Å². The number of pyridine rings is 1. The van der Waals surface area contributed by atoms with Crippen LogP contribution in [0.25, 0.3) is 10.9 Å². The molecule has 1 aliphatic heterocycles. The Morgan fingerprint density at radius 2 is 1.70 bits per heavy atom. The molecule has 3 N–H and O–H groups in total. The number of carbonyl (C=O) groups excluding carboxylic acids is 1. The van der Waals surface area contributed by atoms with Crippen molar-refractivity contribution in [2.75, 3.05) is 23.7 Å². The van der Waals surface area contributed by atoms with E-state index in [4.69, 9.17) is 0 Å². The molecule has 6 rings (SSSR count). The van der Waals surface area contributed by atoms with Crippen LogP contribution in [0.2, 0.25) is 0 Å². The number of anilines is 4. The van der Waals surface area contributed by atoms with E-state index < -0.39 is 0 Å². The number of rotatable bonds is 8. The summed E-state index contributed by atoms with van der Waals surface area (Å²) in [5, 5.41) is 11.2. The van der Waals surface area contributed by atoms with Gasteiger partial charge in [-0.15, -0.1) is 0 Å². The van der Waals surface area contributed by atoms with E-state index in [9.17, 15) is 9.18 Å². The fourth-order valence-corrected chi connectivity index (χ4v) is 5.42. The average Bonchev–Trinajstić information content (AvgIpc) is 3.03. The molecule has 3 heterocycles. The molecule has 0 radical (unpaired) electrons. The van der Waals surface area contributed by atoms with Crippen LogP contribution in [-0.2, 0) is 0 Å². The Kier molecular flexibility index (Phi) is 8.24. The largest absolute Gasteiger partial charge is 0.340 e. The summed E-state index contributed by atoms with van der Waals surface area (Å²) < 4.78 is 13.6. The van der Waals surface area contributed by atoms with E-state index >= 15 is 0 Å². The Morgan fingerprint density at radius 3 is 2.49 bits per heavy atom. The van der Waals surface area contributed by atoms with Crippen molar-refractivity contribution in [3.05, 3.63) is 114 Å². The lowest BCUT2D eigenvalue weighted by atomic mass is 10.00. The van der Waals surface area contributed by atoms with Crippen molar-refractivity contribution in [2.45, 2.75) is 38.8 Å². The lowest BCUT2D eigenvalue weighted by Crippen LogP contribution is -2.45. The van der Waals surface area contributed by atoms with Crippen molar-refractivity contribution in [2.24, 2.45) is 0 Å². The molecule has 0 bridgehead atoms. The van der Waals surface area contributed by atoms with Crippen molar-refractivity contribution in [1.82, 2.24) is 25.2 Å². The third-order valence-electron chi connectivity index (χ3n) is 7.87. The highest BCUT2D eigenvalue weighted by atomic mass is 19.1. The predicted octanol–water partition coefficient (Wildman–Crippen LogP) is 6.91. The third kappa shape index (κ3) is 6.79. The van der Waals surface area contributed by atoms with Crippen molar-refractivity contribution in [3.63, 3.8) is 0 Å². The monoisotopic (exact) mass is 575 g/mol. The van der Waals surface area contributed by atoms with E-state index in [2.05, 4.69) is 62.1 Å². The van der Waals surface area contributed by atoms with Gasteiger partial charge in [0.05, 0.1) is 5.52 Å². The van der Waals surface area contributed by atoms with E-state index in [1.165, 1.54) is 11.6 Å². The van der Waals surface area contributed by atoms with Gasteiger partial charge in [-0.25, -0.2) is 9.37 Å². The molecular formula is C34H34FN7O. The predicted molar refractivity (Wildman–Crippen MR) is 168 cm³/mol. The number of halogens is 1. The van der Waals surface area contributed by atoms with Crippen LogP contribution in [0.5, 0.6) is 0 Å². The Hall–Kier alpha value is -4.89. The zero-order chi connectivity index (χ0) is 29.8. The molecule has 1 saturated heterocycles. The summed E-state index contributed by atoms with van der Waals surface area (Å²) in [5.41, 5.74) is 4.94. The third-order valence-corrected chi connectivity index (χ3v) is 7.87. The molecule has 3 aromatic carbocycles. The van der Waals surface area contributed by atoms with Crippen LogP contribution < -0.4 is 16.0 Å². The van der Waals surface area contributed by atoms with Gasteiger partial charge in [0.25, 0.3) is 5.91 Å². The number of hydrogen-bond acceptors (Lipinski definition) is 7. The highest BCUT2D eigenvalue weighted by molar-refractivity contribution is 5.94. The maximum absolute atomic E-state index is 13.6. The first kappa shape index (κ1) is 28.2. The average molecular weight is 576 g/mol. The Labute approximate surface area is 250 Å². The molecule has 43 heavy (non-hydrogen) atoms. The van der Waals surface area contributed by atoms with Gasteiger partial charge in [-0.2, -0.15) is 4.98 Å². The lowest BCUT2D eigenvalue weighted by molar-refractivity contribution is 0.0702. The molecule has 2 aromatic heterocycles. The number of carbonyl (C=O) groups is 1. The molecule has 1 aliphatic rings. The summed E-state index contributed by atoms with van der Waals surface area (Å²) >= 11 is 0. The highest BCUT2D eigenvalue weighted by Crippen LogP contribution is 2.23. The first-order valence-electron chi connectivity index (χ1n) is 14.5. The van der Waals surface area contributed by atoms with Gasteiger partial charge in [-0.3, -0.25) is 9.78 Å². The van der Waals surface area contributed by atoms with Crippen molar-refractivity contribution in [3.8, 4) is 0 Å². The number of nitrogens with one attached hydrogen (secondary N) is 3. The number of aromatic nitrogens is 3. The zero-order valence-electron chi connectivity index (χ0n) is 24.2. The summed E-state index contributed by atoms with van der Waals surface area (Å²) in [4.78, 5) is 28.4. The quantitative estimate of drug-likeness (QED) is 0.185. The number of fused-ring (bicyclic) bond motifs is 1. The Morgan fingerprint density at radius 1 is 0.907 bits per heavy atom. The number of aryl methyl sites for hydroxylation is 1. The highest BCUT2D eigenvalue weighted by Gasteiger charge is 2.25. The van der Waals surface area contributed by atoms with Crippen molar-refractivity contribution < 1.29 is 9.18 Å². The van der Waals surface area contributed by atoms with Gasteiger partial charge in [0.1, 0.15) is 11.6 Å². The summed E-state index contributed by atoms with van der Waals surface area (Å²) in [6, 6.07) is 24.9. The van der Waals surface area contributed by atoms with Crippen LogP contribution >= 0.6 is 0 Å². The molecule has 0 saturated carbocycles. The van der Waals surface area contributed by atoms with Gasteiger partial charge in [0.15, 0.2) is 0 Å².